The molecule has 38 heavy (non-hydrogen) atoms. The van der Waals surface area contributed by atoms with Crippen molar-refractivity contribution in [1.29, 1.82) is 0 Å². The van der Waals surface area contributed by atoms with Crippen molar-refractivity contribution >= 4 is 10.9 Å². The molecule has 0 bridgehead atoms. The van der Waals surface area contributed by atoms with Crippen LogP contribution in [0.15, 0.2) is 76.1 Å². The van der Waals surface area contributed by atoms with Gasteiger partial charge in [-0.05, 0) is 75.8 Å². The first-order valence-corrected chi connectivity index (χ1v) is 12.5. The third-order valence-electron chi connectivity index (χ3n) is 6.55. The van der Waals surface area contributed by atoms with Crippen LogP contribution in [0.5, 0.6) is 0 Å². The number of hydrogen-bond donors (Lipinski definition) is 1. The molecule has 0 spiro atoms. The van der Waals surface area contributed by atoms with Gasteiger partial charge in [0.05, 0.1) is 26.0 Å². The van der Waals surface area contributed by atoms with Crippen LogP contribution in [0.1, 0.15) is 41.2 Å². The van der Waals surface area contributed by atoms with Gasteiger partial charge in [0.2, 0.25) is 0 Å². The van der Waals surface area contributed by atoms with Crippen LogP contribution in [0.3, 0.4) is 0 Å². The minimum atomic E-state index is -0.643. The van der Waals surface area contributed by atoms with Crippen molar-refractivity contribution in [2.75, 3.05) is 13.7 Å². The van der Waals surface area contributed by atoms with E-state index in [0.29, 0.717) is 43.4 Å². The molecule has 0 radical (unpaired) electrons. The lowest BCUT2D eigenvalue weighted by molar-refractivity contribution is 0.163. The van der Waals surface area contributed by atoms with Crippen molar-refractivity contribution in [2.24, 2.45) is 0 Å². The van der Waals surface area contributed by atoms with Gasteiger partial charge in [-0.3, -0.25) is 9.69 Å². The van der Waals surface area contributed by atoms with Gasteiger partial charge in [-0.1, -0.05) is 25.1 Å². The summed E-state index contributed by atoms with van der Waals surface area (Å²) in [7, 11) is 1.61. The number of H-pyrrole nitrogens is 1. The van der Waals surface area contributed by atoms with Gasteiger partial charge in [0.15, 0.2) is 5.82 Å². The molecule has 5 aromatic rings. The number of nitrogens with one attached hydrogen (secondary N) is 1. The van der Waals surface area contributed by atoms with Crippen molar-refractivity contribution in [3.63, 3.8) is 0 Å². The number of aromatic amines is 1. The first-order chi connectivity index (χ1) is 18.6. The normalized spacial score (nSPS) is 12.4. The van der Waals surface area contributed by atoms with Crippen molar-refractivity contribution < 1.29 is 13.5 Å². The number of aromatic nitrogens is 5. The molecule has 2 aromatic carbocycles. The predicted octanol–water partition coefficient (Wildman–Crippen LogP) is 4.25. The molecule has 0 amide bonds. The first-order valence-electron chi connectivity index (χ1n) is 12.5. The van der Waals surface area contributed by atoms with Crippen molar-refractivity contribution in [3.05, 3.63) is 111 Å². The smallest absolute Gasteiger partial charge is 0.253 e. The molecule has 0 saturated heterocycles. The molecule has 0 aliphatic heterocycles. The maximum Gasteiger partial charge on any atom is 0.253 e. The minimum absolute atomic E-state index is 0.239. The lowest BCUT2D eigenvalue weighted by Gasteiger charge is -2.30. The molecule has 3 heterocycles. The van der Waals surface area contributed by atoms with Crippen LogP contribution in [-0.2, 0) is 30.8 Å². The predicted molar refractivity (Wildman–Crippen MR) is 140 cm³/mol. The number of methoxy groups -OCH3 is 1. The molecule has 1 N–H and O–H groups in total. The van der Waals surface area contributed by atoms with E-state index < -0.39 is 6.04 Å². The van der Waals surface area contributed by atoms with E-state index in [1.807, 2.05) is 30.3 Å². The summed E-state index contributed by atoms with van der Waals surface area (Å²) in [5, 5.41) is 13.4. The molecule has 10 heteroatoms. The molecule has 0 fully saturated rings. The van der Waals surface area contributed by atoms with E-state index in [1.165, 1.54) is 12.1 Å². The Labute approximate surface area is 218 Å². The molecular formula is C28H29FN6O3. The summed E-state index contributed by atoms with van der Waals surface area (Å²) in [5.41, 5.74) is 3.04. The number of ether oxygens (including phenoxy) is 1. The number of pyridine rings is 1. The Bertz CT molecular complexity index is 1550. The summed E-state index contributed by atoms with van der Waals surface area (Å²) in [6.07, 6.45) is 2.48. The van der Waals surface area contributed by atoms with E-state index in [0.717, 1.165) is 28.5 Å². The van der Waals surface area contributed by atoms with E-state index in [1.54, 1.807) is 30.2 Å². The molecule has 1 unspecified atom stereocenters. The summed E-state index contributed by atoms with van der Waals surface area (Å²) in [6, 6.07) is 17.3. The van der Waals surface area contributed by atoms with Gasteiger partial charge >= 0.3 is 0 Å². The average molecular weight is 517 g/mol. The molecule has 196 valence electrons. The van der Waals surface area contributed by atoms with Crippen molar-refractivity contribution in [1.82, 2.24) is 30.1 Å². The summed E-state index contributed by atoms with van der Waals surface area (Å²) in [4.78, 5) is 18.7. The zero-order chi connectivity index (χ0) is 26.5. The number of hydrogen-bond acceptors (Lipinski definition) is 7. The Morgan fingerprint density at radius 1 is 1.11 bits per heavy atom. The Kier molecular flexibility index (Phi) is 7.71. The topological polar surface area (TPSA) is 102 Å². The van der Waals surface area contributed by atoms with Gasteiger partial charge in [-0.15, -0.1) is 5.10 Å². The lowest BCUT2D eigenvalue weighted by atomic mass is 10.0. The van der Waals surface area contributed by atoms with E-state index in [4.69, 9.17) is 9.15 Å². The number of nitrogens with zero attached hydrogens (tertiary/aromatic N) is 5. The van der Waals surface area contributed by atoms with Gasteiger partial charge in [0.25, 0.3) is 5.56 Å². The zero-order valence-electron chi connectivity index (χ0n) is 21.3. The van der Waals surface area contributed by atoms with E-state index in [-0.39, 0.29) is 11.4 Å². The number of halogens is 1. The monoisotopic (exact) mass is 516 g/mol. The highest BCUT2D eigenvalue weighted by molar-refractivity contribution is 5.80. The third kappa shape index (κ3) is 5.56. The second-order valence-corrected chi connectivity index (χ2v) is 9.10. The van der Waals surface area contributed by atoms with Crippen LogP contribution in [0, 0.1) is 5.82 Å². The maximum atomic E-state index is 13.7. The molecule has 3 aromatic heterocycles. The second kappa shape index (κ2) is 11.5. The highest BCUT2D eigenvalue weighted by atomic mass is 19.1. The van der Waals surface area contributed by atoms with E-state index in [2.05, 4.69) is 38.4 Å². The fourth-order valence-electron chi connectivity index (χ4n) is 4.61. The molecule has 1 atom stereocenters. The van der Waals surface area contributed by atoms with Crippen LogP contribution in [-0.4, -0.2) is 43.8 Å². The minimum Gasteiger partial charge on any atom is -0.468 e. The molecule has 5 rings (SSSR count). The highest BCUT2D eigenvalue weighted by Crippen LogP contribution is 2.30. The Morgan fingerprint density at radius 2 is 1.92 bits per heavy atom. The van der Waals surface area contributed by atoms with Gasteiger partial charge in [0, 0.05) is 24.7 Å². The molecule has 9 nitrogen and oxygen atoms in total. The second-order valence-electron chi connectivity index (χ2n) is 9.10. The summed E-state index contributed by atoms with van der Waals surface area (Å²) in [6.45, 7) is 3.64. The molecule has 0 aliphatic rings. The molecule has 0 aliphatic carbocycles. The standard InChI is InChI=1S/C28H29FN6O3/c1-3-19-8-11-25-21(15-19)16-24(28(36)30-25)26(27-31-32-33-35(27)12-14-37-2)34(18-23-5-4-13-38-23)17-20-6-9-22(29)10-7-20/h4-11,13,15-16,26H,3,12,14,17-18H2,1-2H3,(H,30,36). The van der Waals surface area contributed by atoms with Crippen LogP contribution in [0.25, 0.3) is 10.9 Å². The molecular weight excluding hydrogens is 487 g/mol. The quantitative estimate of drug-likeness (QED) is 0.280. The summed E-state index contributed by atoms with van der Waals surface area (Å²) >= 11 is 0. The third-order valence-corrected chi connectivity index (χ3v) is 6.55. The highest BCUT2D eigenvalue weighted by Gasteiger charge is 2.31. The van der Waals surface area contributed by atoms with Crippen LogP contribution < -0.4 is 5.56 Å². The van der Waals surface area contributed by atoms with Crippen molar-refractivity contribution in [2.45, 2.75) is 39.0 Å². The largest absolute Gasteiger partial charge is 0.468 e. The Hall–Kier alpha value is -4.15. The fourth-order valence-corrected chi connectivity index (χ4v) is 4.61. The number of benzene rings is 2. The summed E-state index contributed by atoms with van der Waals surface area (Å²) in [5.74, 6) is 0.884. The van der Waals surface area contributed by atoms with Gasteiger partial charge in [-0.25, -0.2) is 9.07 Å². The number of aryl methyl sites for hydroxylation is 1. The fraction of sp³-hybridized carbons (Fsp3) is 0.286. The number of tetrazole rings is 1. The Balaban J connectivity index is 1.68. The van der Waals surface area contributed by atoms with Crippen LogP contribution in [0.4, 0.5) is 4.39 Å². The Morgan fingerprint density at radius 3 is 2.66 bits per heavy atom. The zero-order valence-corrected chi connectivity index (χ0v) is 21.3. The number of rotatable bonds is 11. The number of furan rings is 1. The average Bonchev–Trinajstić information content (AvgIpc) is 3.61. The summed E-state index contributed by atoms with van der Waals surface area (Å²) < 4.78 is 26.3. The number of fused-ring (bicyclic) bond motifs is 1. The molecule has 0 saturated carbocycles. The lowest BCUT2D eigenvalue weighted by Crippen LogP contribution is -2.35. The van der Waals surface area contributed by atoms with E-state index in [9.17, 15) is 9.18 Å². The van der Waals surface area contributed by atoms with Crippen LogP contribution >= 0.6 is 0 Å². The maximum absolute atomic E-state index is 13.7. The van der Waals surface area contributed by atoms with E-state index >= 15 is 0 Å². The van der Waals surface area contributed by atoms with Crippen molar-refractivity contribution in [3.8, 4) is 0 Å². The van der Waals surface area contributed by atoms with Gasteiger partial charge in [-0.2, -0.15) is 0 Å². The first kappa shape index (κ1) is 25.5. The van der Waals surface area contributed by atoms with Gasteiger partial charge < -0.3 is 14.1 Å². The SMILES string of the molecule is CCc1ccc2[nH]c(=O)c(C(c3nnnn3CCOC)N(Cc3ccc(F)cc3)Cc3ccco3)cc2c1. The van der Waals surface area contributed by atoms with Crippen LogP contribution in [0.2, 0.25) is 0 Å². The van der Waals surface area contributed by atoms with Gasteiger partial charge in [0.1, 0.15) is 17.6 Å².